The van der Waals surface area contributed by atoms with E-state index in [2.05, 4.69) is 12.2 Å². The van der Waals surface area contributed by atoms with Crippen LogP contribution in [0.5, 0.6) is 11.5 Å². The highest BCUT2D eigenvalue weighted by molar-refractivity contribution is 5.50. The lowest BCUT2D eigenvalue weighted by atomic mass is 9.87. The van der Waals surface area contributed by atoms with E-state index in [0.717, 1.165) is 30.9 Å². The van der Waals surface area contributed by atoms with Crippen molar-refractivity contribution in [3.8, 4) is 11.5 Å². The second kappa shape index (κ2) is 5.41. The Labute approximate surface area is 103 Å². The van der Waals surface area contributed by atoms with Crippen molar-refractivity contribution in [1.29, 1.82) is 0 Å². The molecule has 0 radical (unpaired) electrons. The number of hydrogen-bond donors (Lipinski definition) is 1. The van der Waals surface area contributed by atoms with Crippen molar-refractivity contribution in [3.63, 3.8) is 0 Å². The number of fused-ring (bicyclic) bond motifs is 1. The fourth-order valence-electron chi connectivity index (χ4n) is 2.66. The maximum atomic E-state index is 5.46. The number of methoxy groups -OCH3 is 2. The molecule has 1 N–H and O–H groups in total. The Hall–Kier alpha value is -1.22. The van der Waals surface area contributed by atoms with Crippen LogP contribution >= 0.6 is 0 Å². The molecule has 1 atom stereocenters. The lowest BCUT2D eigenvalue weighted by molar-refractivity contribution is 0.377. The average Bonchev–Trinajstić information content (AvgIpc) is 2.37. The summed E-state index contributed by atoms with van der Waals surface area (Å²) in [5.74, 6) is 1.99. The van der Waals surface area contributed by atoms with Gasteiger partial charge in [-0.2, -0.15) is 0 Å². The van der Waals surface area contributed by atoms with Crippen LogP contribution in [-0.2, 0) is 12.8 Å². The number of benzene rings is 1. The summed E-state index contributed by atoms with van der Waals surface area (Å²) in [6.45, 7) is 3.17. The van der Waals surface area contributed by atoms with E-state index in [1.807, 2.05) is 12.1 Å². The highest BCUT2D eigenvalue weighted by atomic mass is 16.5. The van der Waals surface area contributed by atoms with Crippen LogP contribution in [0.25, 0.3) is 0 Å². The summed E-state index contributed by atoms with van der Waals surface area (Å²) in [4.78, 5) is 0. The molecule has 3 nitrogen and oxygen atoms in total. The van der Waals surface area contributed by atoms with Crippen LogP contribution in [0.15, 0.2) is 12.1 Å². The summed E-state index contributed by atoms with van der Waals surface area (Å²) in [5.41, 5.74) is 2.63. The molecule has 0 fully saturated rings. The van der Waals surface area contributed by atoms with E-state index < -0.39 is 0 Å². The Morgan fingerprint density at radius 3 is 2.41 bits per heavy atom. The van der Waals surface area contributed by atoms with Crippen LogP contribution in [0.2, 0.25) is 0 Å². The molecule has 3 heteroatoms. The van der Waals surface area contributed by atoms with E-state index >= 15 is 0 Å². The summed E-state index contributed by atoms with van der Waals surface area (Å²) in [6, 6.07) is 4.57. The Morgan fingerprint density at radius 1 is 1.18 bits per heavy atom. The molecule has 0 heterocycles. The Kier molecular flexibility index (Phi) is 3.89. The van der Waals surface area contributed by atoms with Gasteiger partial charge in [0, 0.05) is 17.2 Å². The van der Waals surface area contributed by atoms with Gasteiger partial charge in [-0.3, -0.25) is 0 Å². The topological polar surface area (TPSA) is 30.5 Å². The van der Waals surface area contributed by atoms with Crippen LogP contribution < -0.4 is 14.8 Å². The summed E-state index contributed by atoms with van der Waals surface area (Å²) in [6.07, 6.45) is 3.27. The molecule has 0 unspecified atom stereocenters. The molecule has 1 aliphatic rings. The van der Waals surface area contributed by atoms with Gasteiger partial charge in [0.1, 0.15) is 11.5 Å². The molecule has 0 aromatic heterocycles. The third-order valence-corrected chi connectivity index (χ3v) is 3.47. The number of likely N-dealkylation sites (N-methyl/N-ethyl adjacent to an activating group) is 1. The van der Waals surface area contributed by atoms with Gasteiger partial charge in [0.15, 0.2) is 0 Å². The largest absolute Gasteiger partial charge is 0.496 e. The van der Waals surface area contributed by atoms with Gasteiger partial charge in [-0.05, 0) is 37.9 Å². The van der Waals surface area contributed by atoms with Gasteiger partial charge in [-0.25, -0.2) is 0 Å². The molecule has 17 heavy (non-hydrogen) atoms. The molecule has 0 spiro atoms. The molecule has 0 bridgehead atoms. The fraction of sp³-hybridized carbons (Fsp3) is 0.571. The third kappa shape index (κ3) is 2.39. The fourth-order valence-corrected chi connectivity index (χ4v) is 2.66. The molecular weight excluding hydrogens is 214 g/mol. The van der Waals surface area contributed by atoms with Gasteiger partial charge in [0.2, 0.25) is 0 Å². The van der Waals surface area contributed by atoms with Crippen molar-refractivity contribution in [2.45, 2.75) is 32.2 Å². The molecule has 0 saturated carbocycles. The number of hydrogen-bond acceptors (Lipinski definition) is 3. The second-order valence-electron chi connectivity index (χ2n) is 4.42. The molecule has 1 aromatic carbocycles. The van der Waals surface area contributed by atoms with Gasteiger partial charge < -0.3 is 14.8 Å². The molecule has 0 saturated heterocycles. The number of ether oxygens (including phenoxy) is 2. The highest BCUT2D eigenvalue weighted by Crippen LogP contribution is 2.35. The smallest absolute Gasteiger partial charge is 0.122 e. The van der Waals surface area contributed by atoms with E-state index in [-0.39, 0.29) is 0 Å². The first-order chi connectivity index (χ1) is 8.30. The minimum absolute atomic E-state index is 0.563. The van der Waals surface area contributed by atoms with Gasteiger partial charge in [0.05, 0.1) is 14.2 Å². The van der Waals surface area contributed by atoms with Crippen molar-refractivity contribution in [3.05, 3.63) is 23.3 Å². The normalized spacial score (nSPS) is 18.6. The predicted molar refractivity (Wildman–Crippen MR) is 69.0 cm³/mol. The van der Waals surface area contributed by atoms with Crippen LogP contribution in [0, 0.1) is 0 Å². The first kappa shape index (κ1) is 12.2. The maximum absolute atomic E-state index is 5.46. The SMILES string of the molecule is CCN[C@@H]1CCc2c(OC)ccc(OC)c2C1. The zero-order valence-corrected chi connectivity index (χ0v) is 10.9. The van der Waals surface area contributed by atoms with Crippen LogP contribution in [0.3, 0.4) is 0 Å². The zero-order chi connectivity index (χ0) is 12.3. The summed E-state index contributed by atoms with van der Waals surface area (Å²) < 4.78 is 10.9. The van der Waals surface area contributed by atoms with Crippen molar-refractivity contribution in [2.24, 2.45) is 0 Å². The minimum Gasteiger partial charge on any atom is -0.496 e. The summed E-state index contributed by atoms with van der Waals surface area (Å²) >= 11 is 0. The van der Waals surface area contributed by atoms with Crippen molar-refractivity contribution < 1.29 is 9.47 Å². The number of rotatable bonds is 4. The molecule has 1 aliphatic carbocycles. The first-order valence-corrected chi connectivity index (χ1v) is 6.26. The van der Waals surface area contributed by atoms with Gasteiger partial charge in [-0.15, -0.1) is 0 Å². The van der Waals surface area contributed by atoms with Crippen molar-refractivity contribution in [2.75, 3.05) is 20.8 Å². The zero-order valence-electron chi connectivity index (χ0n) is 10.9. The number of nitrogens with one attached hydrogen (secondary N) is 1. The van der Waals surface area contributed by atoms with Crippen LogP contribution in [0.1, 0.15) is 24.5 Å². The molecule has 0 aliphatic heterocycles. The quantitative estimate of drug-likeness (QED) is 0.867. The van der Waals surface area contributed by atoms with Gasteiger partial charge in [-0.1, -0.05) is 6.92 Å². The Morgan fingerprint density at radius 2 is 1.82 bits per heavy atom. The summed E-state index contributed by atoms with van der Waals surface area (Å²) in [7, 11) is 3.47. The van der Waals surface area contributed by atoms with E-state index in [0.29, 0.717) is 6.04 Å². The Balaban J connectivity index is 2.33. The molecule has 2 rings (SSSR count). The van der Waals surface area contributed by atoms with Crippen molar-refractivity contribution in [1.82, 2.24) is 5.32 Å². The van der Waals surface area contributed by atoms with Crippen LogP contribution in [-0.4, -0.2) is 26.8 Å². The van der Waals surface area contributed by atoms with E-state index in [4.69, 9.17) is 9.47 Å². The van der Waals surface area contributed by atoms with E-state index in [1.54, 1.807) is 14.2 Å². The lowest BCUT2D eigenvalue weighted by Crippen LogP contribution is -2.34. The molecular formula is C14H21NO2. The van der Waals surface area contributed by atoms with E-state index in [1.165, 1.54) is 17.5 Å². The average molecular weight is 235 g/mol. The van der Waals surface area contributed by atoms with Gasteiger partial charge in [0.25, 0.3) is 0 Å². The first-order valence-electron chi connectivity index (χ1n) is 6.26. The lowest BCUT2D eigenvalue weighted by Gasteiger charge is -2.27. The molecule has 1 aromatic rings. The van der Waals surface area contributed by atoms with Gasteiger partial charge >= 0.3 is 0 Å². The van der Waals surface area contributed by atoms with Crippen LogP contribution in [0.4, 0.5) is 0 Å². The maximum Gasteiger partial charge on any atom is 0.122 e. The molecule has 0 amide bonds. The Bertz CT molecular complexity index is 390. The minimum atomic E-state index is 0.563. The predicted octanol–water partition coefficient (Wildman–Crippen LogP) is 2.17. The van der Waals surface area contributed by atoms with Crippen molar-refractivity contribution >= 4 is 0 Å². The van der Waals surface area contributed by atoms with E-state index in [9.17, 15) is 0 Å². The third-order valence-electron chi connectivity index (χ3n) is 3.47. The monoisotopic (exact) mass is 235 g/mol. The summed E-state index contributed by atoms with van der Waals surface area (Å²) in [5, 5.41) is 3.52. The molecule has 94 valence electrons. The highest BCUT2D eigenvalue weighted by Gasteiger charge is 2.23. The second-order valence-corrected chi connectivity index (χ2v) is 4.42. The standard InChI is InChI=1S/C14H21NO2/c1-4-15-10-5-6-11-12(9-10)14(17-3)8-7-13(11)16-2/h7-8,10,15H,4-6,9H2,1-3H3/t10-/m1/s1.